The van der Waals surface area contributed by atoms with Crippen LogP contribution in [0.5, 0.6) is 5.75 Å². The largest absolute Gasteiger partial charge is 0.495 e. The second-order valence-corrected chi connectivity index (χ2v) is 3.01. The number of nitrogens with zero attached hydrogens (tertiary/aromatic N) is 1. The molecule has 76 valence electrons. The second-order valence-electron chi connectivity index (χ2n) is 3.01. The first-order valence-corrected chi connectivity index (χ1v) is 4.87. The van der Waals surface area contributed by atoms with E-state index in [4.69, 9.17) is 10.00 Å². The molecule has 0 atom stereocenters. The van der Waals surface area contributed by atoms with Gasteiger partial charge in [-0.05, 0) is 18.6 Å². The fraction of sp³-hybridized carbons (Fsp3) is 0.308. The average Bonchev–Trinajstić information content (AvgIpc) is 2.29. The van der Waals surface area contributed by atoms with Gasteiger partial charge in [0.25, 0.3) is 0 Å². The van der Waals surface area contributed by atoms with Crippen molar-refractivity contribution in [1.29, 1.82) is 5.26 Å². The maximum atomic E-state index is 8.35. The van der Waals surface area contributed by atoms with Crippen molar-refractivity contribution in [3.05, 3.63) is 29.8 Å². The monoisotopic (exact) mass is 199 g/mol. The van der Waals surface area contributed by atoms with Gasteiger partial charge in [-0.25, -0.2) is 0 Å². The Balaban J connectivity index is 2.59. The normalized spacial score (nSPS) is 8.53. The molecule has 0 heterocycles. The summed E-state index contributed by atoms with van der Waals surface area (Å²) in [5.41, 5.74) is 0.900. The number of rotatable bonds is 3. The van der Waals surface area contributed by atoms with Crippen LogP contribution in [0.1, 0.15) is 24.8 Å². The Morgan fingerprint density at radius 3 is 2.80 bits per heavy atom. The van der Waals surface area contributed by atoms with E-state index in [1.54, 1.807) is 7.11 Å². The van der Waals surface area contributed by atoms with Crippen LogP contribution in [-0.2, 0) is 0 Å². The predicted octanol–water partition coefficient (Wildman–Crippen LogP) is 2.74. The Morgan fingerprint density at radius 2 is 2.07 bits per heavy atom. The standard InChI is InChI=1S/C13H13NO/c1-15-13-10-6-5-9-12(13)8-4-2-3-7-11-14/h5-6,9-10H,2-3,7H2,1H3. The molecule has 0 aliphatic rings. The summed E-state index contributed by atoms with van der Waals surface area (Å²) in [5.74, 6) is 6.87. The van der Waals surface area contributed by atoms with Crippen LogP contribution < -0.4 is 4.74 Å². The minimum atomic E-state index is 0.570. The number of nitriles is 1. The maximum Gasteiger partial charge on any atom is 0.134 e. The van der Waals surface area contributed by atoms with Crippen molar-refractivity contribution in [2.75, 3.05) is 7.11 Å². The Bertz CT molecular complexity index is 407. The molecule has 0 aromatic heterocycles. The lowest BCUT2D eigenvalue weighted by Crippen LogP contribution is -1.86. The lowest BCUT2D eigenvalue weighted by Gasteiger charge is -2.00. The third-order valence-corrected chi connectivity index (χ3v) is 1.92. The van der Waals surface area contributed by atoms with Crippen LogP contribution in [0.3, 0.4) is 0 Å². The van der Waals surface area contributed by atoms with E-state index in [-0.39, 0.29) is 0 Å². The molecular formula is C13H13NO. The van der Waals surface area contributed by atoms with Crippen LogP contribution >= 0.6 is 0 Å². The Kier molecular flexibility index (Phi) is 4.84. The number of methoxy groups -OCH3 is 1. The SMILES string of the molecule is COc1ccccc1C#CCCCC#N. The Morgan fingerprint density at radius 1 is 1.27 bits per heavy atom. The number of hydrogen-bond acceptors (Lipinski definition) is 2. The van der Waals surface area contributed by atoms with Crippen LogP contribution in [0.15, 0.2) is 24.3 Å². The molecule has 2 nitrogen and oxygen atoms in total. The van der Waals surface area contributed by atoms with Gasteiger partial charge in [-0.15, -0.1) is 0 Å². The zero-order valence-corrected chi connectivity index (χ0v) is 8.79. The van der Waals surface area contributed by atoms with Crippen LogP contribution in [0.2, 0.25) is 0 Å². The van der Waals surface area contributed by atoms with Crippen molar-refractivity contribution < 1.29 is 4.74 Å². The fourth-order valence-electron chi connectivity index (χ4n) is 1.16. The van der Waals surface area contributed by atoms with E-state index in [9.17, 15) is 0 Å². The molecule has 0 amide bonds. The van der Waals surface area contributed by atoms with Crippen LogP contribution in [0, 0.1) is 23.2 Å². The van der Waals surface area contributed by atoms with E-state index in [2.05, 4.69) is 17.9 Å². The van der Waals surface area contributed by atoms with Crippen LogP contribution in [0.25, 0.3) is 0 Å². The Labute approximate surface area is 90.5 Å². The first kappa shape index (κ1) is 11.1. The molecule has 15 heavy (non-hydrogen) atoms. The minimum absolute atomic E-state index is 0.570. The fourth-order valence-corrected chi connectivity index (χ4v) is 1.16. The van der Waals surface area contributed by atoms with Crippen molar-refractivity contribution in [2.45, 2.75) is 19.3 Å². The lowest BCUT2D eigenvalue weighted by molar-refractivity contribution is 0.413. The highest BCUT2D eigenvalue weighted by Gasteiger charge is 1.95. The second kappa shape index (κ2) is 6.51. The van der Waals surface area contributed by atoms with E-state index >= 15 is 0 Å². The van der Waals surface area contributed by atoms with E-state index in [1.807, 2.05) is 24.3 Å². The molecule has 0 saturated carbocycles. The summed E-state index contributed by atoms with van der Waals surface area (Å²) >= 11 is 0. The van der Waals surface area contributed by atoms with Crippen molar-refractivity contribution in [3.63, 3.8) is 0 Å². The topological polar surface area (TPSA) is 33.0 Å². The van der Waals surface area contributed by atoms with Gasteiger partial charge in [0.15, 0.2) is 0 Å². The maximum absolute atomic E-state index is 8.35. The molecule has 2 heteroatoms. The number of hydrogen-bond donors (Lipinski definition) is 0. The summed E-state index contributed by atoms with van der Waals surface area (Å²) in [7, 11) is 1.64. The van der Waals surface area contributed by atoms with Gasteiger partial charge in [-0.2, -0.15) is 5.26 Å². The van der Waals surface area contributed by atoms with Gasteiger partial charge in [0.1, 0.15) is 5.75 Å². The molecule has 0 aliphatic heterocycles. The van der Waals surface area contributed by atoms with Crippen LogP contribution in [0.4, 0.5) is 0 Å². The molecule has 0 saturated heterocycles. The number of para-hydroxylation sites is 1. The van der Waals surface area contributed by atoms with Gasteiger partial charge in [0, 0.05) is 12.8 Å². The molecule has 0 aliphatic carbocycles. The molecule has 0 N–H and O–H groups in total. The molecule has 0 fully saturated rings. The first-order chi connectivity index (χ1) is 7.38. The molecule has 0 radical (unpaired) electrons. The molecule has 1 aromatic rings. The lowest BCUT2D eigenvalue weighted by atomic mass is 10.2. The van der Waals surface area contributed by atoms with Gasteiger partial charge in [0.05, 0.1) is 18.7 Å². The van der Waals surface area contributed by atoms with Gasteiger partial charge in [-0.1, -0.05) is 24.0 Å². The molecule has 0 spiro atoms. The van der Waals surface area contributed by atoms with Crippen molar-refractivity contribution in [3.8, 4) is 23.7 Å². The molecule has 1 aromatic carbocycles. The first-order valence-electron chi connectivity index (χ1n) is 4.87. The summed E-state index contributed by atoms with van der Waals surface area (Å²) in [6.07, 6.45) is 2.16. The van der Waals surface area contributed by atoms with E-state index in [0.717, 1.165) is 24.2 Å². The highest BCUT2D eigenvalue weighted by atomic mass is 16.5. The third kappa shape index (κ3) is 3.75. The summed E-state index contributed by atoms with van der Waals surface area (Å²) in [6.45, 7) is 0. The minimum Gasteiger partial charge on any atom is -0.495 e. The predicted molar refractivity (Wildman–Crippen MR) is 59.3 cm³/mol. The smallest absolute Gasteiger partial charge is 0.134 e. The van der Waals surface area contributed by atoms with Crippen molar-refractivity contribution in [1.82, 2.24) is 0 Å². The highest BCUT2D eigenvalue weighted by molar-refractivity contribution is 5.45. The third-order valence-electron chi connectivity index (χ3n) is 1.92. The zero-order valence-electron chi connectivity index (χ0n) is 8.79. The molecule has 0 bridgehead atoms. The quantitative estimate of drug-likeness (QED) is 0.554. The van der Waals surface area contributed by atoms with E-state index < -0.39 is 0 Å². The summed E-state index contributed by atoms with van der Waals surface area (Å²) in [6, 6.07) is 9.76. The highest BCUT2D eigenvalue weighted by Crippen LogP contribution is 2.15. The van der Waals surface area contributed by atoms with Crippen molar-refractivity contribution >= 4 is 0 Å². The van der Waals surface area contributed by atoms with Gasteiger partial charge >= 0.3 is 0 Å². The number of unbranched alkanes of at least 4 members (excludes halogenated alkanes) is 2. The zero-order chi connectivity index (χ0) is 10.9. The molecule has 1 rings (SSSR count). The summed E-state index contributed by atoms with van der Waals surface area (Å²) in [5, 5.41) is 8.35. The molecular weight excluding hydrogens is 186 g/mol. The van der Waals surface area contributed by atoms with E-state index in [0.29, 0.717) is 6.42 Å². The van der Waals surface area contributed by atoms with Gasteiger partial charge < -0.3 is 4.74 Å². The average molecular weight is 199 g/mol. The van der Waals surface area contributed by atoms with Crippen molar-refractivity contribution in [2.24, 2.45) is 0 Å². The van der Waals surface area contributed by atoms with E-state index in [1.165, 1.54) is 0 Å². The summed E-state index contributed by atoms with van der Waals surface area (Å²) in [4.78, 5) is 0. The van der Waals surface area contributed by atoms with Gasteiger partial charge in [-0.3, -0.25) is 0 Å². The van der Waals surface area contributed by atoms with Crippen LogP contribution in [-0.4, -0.2) is 7.11 Å². The number of benzene rings is 1. The number of ether oxygens (including phenoxy) is 1. The molecule has 0 unspecified atom stereocenters. The summed E-state index contributed by atoms with van der Waals surface area (Å²) < 4.78 is 5.17. The van der Waals surface area contributed by atoms with Gasteiger partial charge in [0.2, 0.25) is 0 Å². The Hall–Kier alpha value is -1.93.